The van der Waals surface area contributed by atoms with Crippen molar-refractivity contribution in [3.63, 3.8) is 0 Å². The van der Waals surface area contributed by atoms with E-state index in [1.165, 1.54) is 36.2 Å². The van der Waals surface area contributed by atoms with Crippen molar-refractivity contribution in [2.24, 2.45) is 0 Å². The van der Waals surface area contributed by atoms with Crippen molar-refractivity contribution >= 4 is 17.7 Å². The average Bonchev–Trinajstić information content (AvgIpc) is 2.35. The predicted octanol–water partition coefficient (Wildman–Crippen LogP) is 0.523. The van der Waals surface area contributed by atoms with Crippen molar-refractivity contribution in [2.45, 2.75) is 0 Å². The molecule has 0 aliphatic rings. The van der Waals surface area contributed by atoms with E-state index >= 15 is 0 Å². The van der Waals surface area contributed by atoms with Crippen molar-refractivity contribution < 1.29 is 19.8 Å². The molecule has 0 bridgehead atoms. The summed E-state index contributed by atoms with van der Waals surface area (Å²) in [6.45, 7) is -0.0276. The summed E-state index contributed by atoms with van der Waals surface area (Å²) in [6, 6.07) is 5.50. The normalized spacial score (nSPS) is 9.76. The first kappa shape index (κ1) is 13.0. The standard InChI is InChI=1S/C11H14N2O4/c1-12-11(17)13(6-7-14)9-4-2-8(3-5-9)10(15)16/h2-5,14H,6-7H2,1H3,(H,12,17)(H,15,16). The summed E-state index contributed by atoms with van der Waals surface area (Å²) < 4.78 is 0. The van der Waals surface area contributed by atoms with E-state index in [1.807, 2.05) is 0 Å². The Morgan fingerprint density at radius 1 is 1.29 bits per heavy atom. The number of amides is 2. The Morgan fingerprint density at radius 3 is 2.29 bits per heavy atom. The van der Waals surface area contributed by atoms with Crippen LogP contribution in [0.3, 0.4) is 0 Å². The summed E-state index contributed by atoms with van der Waals surface area (Å²) in [5.41, 5.74) is 0.679. The lowest BCUT2D eigenvalue weighted by atomic mass is 10.2. The van der Waals surface area contributed by atoms with Gasteiger partial charge in [-0.1, -0.05) is 0 Å². The van der Waals surface area contributed by atoms with Crippen LogP contribution in [-0.4, -0.2) is 42.4 Å². The highest BCUT2D eigenvalue weighted by molar-refractivity contribution is 5.93. The van der Waals surface area contributed by atoms with E-state index < -0.39 is 5.97 Å². The van der Waals surface area contributed by atoms with Gasteiger partial charge < -0.3 is 15.5 Å². The van der Waals surface area contributed by atoms with Gasteiger partial charge in [-0.2, -0.15) is 0 Å². The number of carbonyl (C=O) groups is 2. The van der Waals surface area contributed by atoms with Crippen LogP contribution in [-0.2, 0) is 0 Å². The fraction of sp³-hybridized carbons (Fsp3) is 0.273. The molecule has 1 rings (SSSR count). The highest BCUT2D eigenvalue weighted by Crippen LogP contribution is 2.15. The molecule has 6 nitrogen and oxygen atoms in total. The molecule has 0 unspecified atom stereocenters. The van der Waals surface area contributed by atoms with Gasteiger partial charge in [-0.25, -0.2) is 9.59 Å². The summed E-state index contributed by atoms with van der Waals surface area (Å²) in [4.78, 5) is 23.5. The molecule has 2 amide bonds. The minimum atomic E-state index is -1.02. The molecule has 3 N–H and O–H groups in total. The van der Waals surface area contributed by atoms with Crippen LogP contribution in [0.25, 0.3) is 0 Å². The molecule has 0 aliphatic carbocycles. The molecule has 0 radical (unpaired) electrons. The third kappa shape index (κ3) is 3.18. The summed E-state index contributed by atoms with van der Waals surface area (Å²) >= 11 is 0. The monoisotopic (exact) mass is 238 g/mol. The number of carboxylic acids is 1. The van der Waals surface area contributed by atoms with Gasteiger partial charge in [0.05, 0.1) is 18.7 Å². The Labute approximate surface area is 98.5 Å². The molecule has 0 fully saturated rings. The summed E-state index contributed by atoms with van der Waals surface area (Å²) in [7, 11) is 1.48. The van der Waals surface area contributed by atoms with Crippen LogP contribution < -0.4 is 10.2 Å². The number of aliphatic hydroxyl groups is 1. The van der Waals surface area contributed by atoms with Gasteiger partial charge in [0.2, 0.25) is 0 Å². The topological polar surface area (TPSA) is 89.9 Å². The molecular formula is C11H14N2O4. The van der Waals surface area contributed by atoms with Crippen molar-refractivity contribution in [1.29, 1.82) is 0 Å². The van der Waals surface area contributed by atoms with Crippen LogP contribution in [0.1, 0.15) is 10.4 Å². The highest BCUT2D eigenvalue weighted by Gasteiger charge is 2.13. The Hall–Kier alpha value is -2.08. The molecule has 6 heteroatoms. The molecule has 92 valence electrons. The van der Waals surface area contributed by atoms with Crippen molar-refractivity contribution in [3.8, 4) is 0 Å². The van der Waals surface area contributed by atoms with Gasteiger partial charge in [0.15, 0.2) is 0 Å². The van der Waals surface area contributed by atoms with E-state index in [1.54, 1.807) is 0 Å². The number of nitrogens with zero attached hydrogens (tertiary/aromatic N) is 1. The quantitative estimate of drug-likeness (QED) is 0.713. The molecule has 0 spiro atoms. The molecule has 17 heavy (non-hydrogen) atoms. The lowest BCUT2D eigenvalue weighted by Crippen LogP contribution is -2.39. The van der Waals surface area contributed by atoms with Crippen LogP contribution in [0.15, 0.2) is 24.3 Å². The SMILES string of the molecule is CNC(=O)N(CCO)c1ccc(C(=O)O)cc1. The van der Waals surface area contributed by atoms with E-state index in [9.17, 15) is 9.59 Å². The third-order valence-corrected chi connectivity index (χ3v) is 2.21. The number of aliphatic hydroxyl groups excluding tert-OH is 1. The van der Waals surface area contributed by atoms with Crippen LogP contribution in [0.2, 0.25) is 0 Å². The number of benzene rings is 1. The van der Waals surface area contributed by atoms with E-state index in [-0.39, 0.29) is 24.7 Å². The number of carbonyl (C=O) groups excluding carboxylic acids is 1. The van der Waals surface area contributed by atoms with Crippen LogP contribution in [0.4, 0.5) is 10.5 Å². The molecule has 1 aromatic carbocycles. The Morgan fingerprint density at radius 2 is 1.88 bits per heavy atom. The second-order valence-corrected chi connectivity index (χ2v) is 3.28. The minimum absolute atomic E-state index is 0.145. The number of anilines is 1. The zero-order valence-electron chi connectivity index (χ0n) is 9.38. The summed E-state index contributed by atoms with van der Waals surface area (Å²) in [5, 5.41) is 20.1. The second kappa shape index (κ2) is 5.86. The van der Waals surface area contributed by atoms with Gasteiger partial charge in [0.25, 0.3) is 0 Å². The van der Waals surface area contributed by atoms with Crippen LogP contribution in [0.5, 0.6) is 0 Å². The van der Waals surface area contributed by atoms with E-state index in [2.05, 4.69) is 5.32 Å². The van der Waals surface area contributed by atoms with E-state index in [0.717, 1.165) is 0 Å². The molecule has 0 heterocycles. The fourth-order valence-electron chi connectivity index (χ4n) is 1.37. The number of hydrogen-bond donors (Lipinski definition) is 3. The first-order chi connectivity index (χ1) is 8.10. The first-order valence-corrected chi connectivity index (χ1v) is 5.03. The second-order valence-electron chi connectivity index (χ2n) is 3.28. The number of rotatable bonds is 4. The van der Waals surface area contributed by atoms with Crippen molar-refractivity contribution in [2.75, 3.05) is 25.1 Å². The van der Waals surface area contributed by atoms with Crippen molar-refractivity contribution in [3.05, 3.63) is 29.8 Å². The average molecular weight is 238 g/mol. The van der Waals surface area contributed by atoms with Gasteiger partial charge in [0.1, 0.15) is 0 Å². The Balaban J connectivity index is 2.94. The molecule has 0 aromatic heterocycles. The maximum absolute atomic E-state index is 11.5. The number of nitrogens with one attached hydrogen (secondary N) is 1. The number of carboxylic acid groups (broad SMARTS) is 1. The van der Waals surface area contributed by atoms with Crippen molar-refractivity contribution in [1.82, 2.24) is 5.32 Å². The number of aromatic carboxylic acids is 1. The third-order valence-electron chi connectivity index (χ3n) is 2.21. The zero-order valence-corrected chi connectivity index (χ0v) is 9.38. The van der Waals surface area contributed by atoms with Gasteiger partial charge in [0, 0.05) is 12.7 Å². The first-order valence-electron chi connectivity index (χ1n) is 5.03. The Bertz CT molecular complexity index is 402. The molecule has 1 aromatic rings. The largest absolute Gasteiger partial charge is 0.478 e. The number of hydrogen-bond acceptors (Lipinski definition) is 3. The van der Waals surface area contributed by atoms with Gasteiger partial charge in [-0.15, -0.1) is 0 Å². The molecule has 0 saturated heterocycles. The molecule has 0 atom stereocenters. The lowest BCUT2D eigenvalue weighted by Gasteiger charge is -2.21. The maximum atomic E-state index is 11.5. The number of urea groups is 1. The predicted molar refractivity (Wildman–Crippen MR) is 62.3 cm³/mol. The Kier molecular flexibility index (Phi) is 4.47. The fourth-order valence-corrected chi connectivity index (χ4v) is 1.37. The van der Waals surface area contributed by atoms with Crippen LogP contribution in [0, 0.1) is 0 Å². The lowest BCUT2D eigenvalue weighted by molar-refractivity contribution is 0.0697. The molecule has 0 aliphatic heterocycles. The molecular weight excluding hydrogens is 224 g/mol. The summed E-state index contributed by atoms with van der Waals surface area (Å²) in [5.74, 6) is -1.02. The molecule has 0 saturated carbocycles. The summed E-state index contributed by atoms with van der Waals surface area (Å²) in [6.07, 6.45) is 0. The van der Waals surface area contributed by atoms with E-state index in [0.29, 0.717) is 5.69 Å². The highest BCUT2D eigenvalue weighted by atomic mass is 16.4. The zero-order chi connectivity index (χ0) is 12.8. The minimum Gasteiger partial charge on any atom is -0.478 e. The van der Waals surface area contributed by atoms with Gasteiger partial charge in [-0.05, 0) is 24.3 Å². The van der Waals surface area contributed by atoms with Gasteiger partial charge >= 0.3 is 12.0 Å². The van der Waals surface area contributed by atoms with Gasteiger partial charge in [-0.3, -0.25) is 4.90 Å². The smallest absolute Gasteiger partial charge is 0.335 e. The van der Waals surface area contributed by atoms with Crippen LogP contribution >= 0.6 is 0 Å². The van der Waals surface area contributed by atoms with E-state index in [4.69, 9.17) is 10.2 Å². The maximum Gasteiger partial charge on any atom is 0.335 e.